The number of hydrogen-bond donors (Lipinski definition) is 3. The fraction of sp³-hybridized carbons (Fsp3) is 0.200. The number of urea groups is 1. The molecule has 0 spiro atoms. The van der Waals surface area contributed by atoms with E-state index in [0.717, 1.165) is 16.7 Å². The van der Waals surface area contributed by atoms with E-state index in [1.807, 2.05) is 0 Å². The third kappa shape index (κ3) is 5.88. The average Bonchev–Trinajstić information content (AvgIpc) is 3.28. The van der Waals surface area contributed by atoms with E-state index in [2.05, 4.69) is 30.9 Å². The highest BCUT2D eigenvalue weighted by molar-refractivity contribution is 7.13. The summed E-state index contributed by atoms with van der Waals surface area (Å²) in [4.78, 5) is 46.4. The van der Waals surface area contributed by atoms with Crippen LogP contribution in [-0.4, -0.2) is 46.3 Å². The Morgan fingerprint density at radius 1 is 1.15 bits per heavy atom. The molecule has 13 heteroatoms. The minimum absolute atomic E-state index is 0.0398. The molecule has 33 heavy (non-hydrogen) atoms. The van der Waals surface area contributed by atoms with Crippen molar-refractivity contribution < 1.29 is 27.6 Å². The molecule has 3 amide bonds. The molecule has 0 atom stereocenters. The zero-order valence-electron chi connectivity index (χ0n) is 17.1. The number of alkyl halides is 3. The Labute approximate surface area is 189 Å². The Morgan fingerprint density at radius 3 is 2.61 bits per heavy atom. The van der Waals surface area contributed by atoms with Gasteiger partial charge in [-0.2, -0.15) is 13.2 Å². The number of halogens is 3. The van der Waals surface area contributed by atoms with Crippen LogP contribution in [0, 0.1) is 0 Å². The van der Waals surface area contributed by atoms with Crippen molar-refractivity contribution in [3.05, 3.63) is 47.4 Å². The number of carbonyl (C=O) groups is 3. The summed E-state index contributed by atoms with van der Waals surface area (Å²) in [6.45, 7) is 1.85. The van der Waals surface area contributed by atoms with E-state index in [4.69, 9.17) is 0 Å². The summed E-state index contributed by atoms with van der Waals surface area (Å²) in [6.07, 6.45) is -0.163. The first-order valence-corrected chi connectivity index (χ1v) is 10.3. The second kappa shape index (κ2) is 10.2. The first-order valence-electron chi connectivity index (χ1n) is 9.46. The number of aromatic nitrogens is 3. The maximum absolute atomic E-state index is 13.1. The summed E-state index contributed by atoms with van der Waals surface area (Å²) in [6, 6.07) is 2.35. The lowest BCUT2D eigenvalue weighted by Gasteiger charge is -2.12. The van der Waals surface area contributed by atoms with Gasteiger partial charge in [-0.25, -0.2) is 14.8 Å². The topological polar surface area (TPSA) is 126 Å². The second-order valence-electron chi connectivity index (χ2n) is 6.52. The van der Waals surface area contributed by atoms with Crippen molar-refractivity contribution in [3.8, 4) is 21.7 Å². The van der Waals surface area contributed by atoms with Crippen LogP contribution in [0.1, 0.15) is 23.0 Å². The minimum Gasteiger partial charge on any atom is -0.351 e. The molecule has 0 aliphatic carbocycles. The lowest BCUT2D eigenvalue weighted by atomic mass is 10.0. The molecule has 0 aromatic carbocycles. The van der Waals surface area contributed by atoms with Gasteiger partial charge in [-0.15, -0.1) is 11.3 Å². The maximum Gasteiger partial charge on any atom is 0.434 e. The first kappa shape index (κ1) is 23.8. The van der Waals surface area contributed by atoms with E-state index in [0.29, 0.717) is 24.1 Å². The van der Waals surface area contributed by atoms with E-state index < -0.39 is 23.7 Å². The summed E-state index contributed by atoms with van der Waals surface area (Å²) in [7, 11) is 0. The van der Waals surface area contributed by atoms with Crippen LogP contribution >= 0.6 is 11.3 Å². The fourth-order valence-corrected chi connectivity index (χ4v) is 3.61. The standard InChI is InChI=1S/C20H17F3N6O3S/c1-2-26-19(32)29-17-4-13(18-28-16(9-33-18)20(21,22)23)14(7-27-17)11-3-12(6-24-5-11)15(31)8-25-10-30/h3-7,9-10H,2,8H2,1H3,(H,25,30)(H2,26,27,29,32). The van der Waals surface area contributed by atoms with Gasteiger partial charge >= 0.3 is 12.2 Å². The number of thiazole rings is 1. The number of amides is 3. The van der Waals surface area contributed by atoms with Gasteiger partial charge in [0.25, 0.3) is 0 Å². The van der Waals surface area contributed by atoms with Crippen LogP contribution in [0.2, 0.25) is 0 Å². The van der Waals surface area contributed by atoms with Gasteiger partial charge in [0.05, 0.1) is 6.54 Å². The van der Waals surface area contributed by atoms with Gasteiger partial charge in [0.1, 0.15) is 10.8 Å². The number of pyridine rings is 2. The highest BCUT2D eigenvalue weighted by Gasteiger charge is 2.34. The summed E-state index contributed by atoms with van der Waals surface area (Å²) >= 11 is 0.774. The predicted molar refractivity (Wildman–Crippen MR) is 115 cm³/mol. The third-order valence-corrected chi connectivity index (χ3v) is 5.10. The monoisotopic (exact) mass is 478 g/mol. The fourth-order valence-electron chi connectivity index (χ4n) is 2.76. The lowest BCUT2D eigenvalue weighted by molar-refractivity contribution is -0.140. The van der Waals surface area contributed by atoms with Crippen LogP contribution in [0.15, 0.2) is 36.1 Å². The molecule has 3 rings (SSSR count). The van der Waals surface area contributed by atoms with Gasteiger partial charge in [0, 0.05) is 52.8 Å². The van der Waals surface area contributed by atoms with Crippen molar-refractivity contribution in [2.24, 2.45) is 0 Å². The summed E-state index contributed by atoms with van der Waals surface area (Å²) in [5.74, 6) is -0.312. The molecule has 0 unspecified atom stereocenters. The van der Waals surface area contributed by atoms with Crippen molar-refractivity contribution in [2.45, 2.75) is 13.1 Å². The van der Waals surface area contributed by atoms with Crippen molar-refractivity contribution in [3.63, 3.8) is 0 Å². The summed E-state index contributed by atoms with van der Waals surface area (Å²) in [5.41, 5.74) is 0.139. The van der Waals surface area contributed by atoms with E-state index in [-0.39, 0.29) is 28.5 Å². The smallest absolute Gasteiger partial charge is 0.351 e. The molecule has 3 aromatic rings. The van der Waals surface area contributed by atoms with Gasteiger partial charge in [-0.3, -0.25) is 19.9 Å². The van der Waals surface area contributed by atoms with Gasteiger partial charge in [-0.1, -0.05) is 0 Å². The molecule has 3 aromatic heterocycles. The number of hydrogen-bond acceptors (Lipinski definition) is 7. The van der Waals surface area contributed by atoms with Crippen molar-refractivity contribution in [1.82, 2.24) is 25.6 Å². The molecular weight excluding hydrogens is 461 g/mol. The van der Waals surface area contributed by atoms with Crippen LogP contribution in [0.3, 0.4) is 0 Å². The van der Waals surface area contributed by atoms with Crippen molar-refractivity contribution >= 4 is 35.4 Å². The van der Waals surface area contributed by atoms with Crippen LogP contribution in [0.4, 0.5) is 23.8 Å². The SMILES string of the molecule is CCNC(=O)Nc1cc(-c2nc(C(F)(F)F)cs2)c(-c2cncc(C(=O)CNC=O)c2)cn1. The van der Waals surface area contributed by atoms with Gasteiger partial charge < -0.3 is 10.6 Å². The summed E-state index contributed by atoms with van der Waals surface area (Å²) in [5, 5.41) is 8.23. The van der Waals surface area contributed by atoms with E-state index in [1.54, 1.807) is 6.92 Å². The molecule has 0 radical (unpaired) electrons. The number of nitrogens with one attached hydrogen (secondary N) is 3. The normalized spacial score (nSPS) is 11.0. The van der Waals surface area contributed by atoms with Crippen molar-refractivity contribution in [1.29, 1.82) is 0 Å². The number of carbonyl (C=O) groups excluding carboxylic acids is 3. The molecule has 0 fully saturated rings. The molecule has 172 valence electrons. The quantitative estimate of drug-likeness (QED) is 0.337. The maximum atomic E-state index is 13.1. The molecular formula is C20H17F3N6O3S. The van der Waals surface area contributed by atoms with Gasteiger partial charge in [-0.05, 0) is 19.1 Å². The highest BCUT2D eigenvalue weighted by Crippen LogP contribution is 2.38. The molecule has 0 saturated carbocycles. The summed E-state index contributed by atoms with van der Waals surface area (Å²) < 4.78 is 39.3. The largest absolute Gasteiger partial charge is 0.434 e. The van der Waals surface area contributed by atoms with Gasteiger partial charge in [0.15, 0.2) is 11.5 Å². The van der Waals surface area contributed by atoms with Crippen LogP contribution in [-0.2, 0) is 11.0 Å². The molecule has 0 saturated heterocycles. The predicted octanol–water partition coefficient (Wildman–Crippen LogP) is 3.36. The first-order chi connectivity index (χ1) is 15.7. The second-order valence-corrected chi connectivity index (χ2v) is 7.38. The Kier molecular flexibility index (Phi) is 7.33. The zero-order chi connectivity index (χ0) is 24.0. The van der Waals surface area contributed by atoms with Crippen LogP contribution in [0.5, 0.6) is 0 Å². The molecule has 9 nitrogen and oxygen atoms in total. The third-order valence-electron chi connectivity index (χ3n) is 4.23. The Hall–Kier alpha value is -3.87. The molecule has 0 aliphatic rings. The molecule has 3 N–H and O–H groups in total. The number of nitrogens with zero attached hydrogens (tertiary/aromatic N) is 3. The zero-order valence-corrected chi connectivity index (χ0v) is 17.9. The van der Waals surface area contributed by atoms with E-state index in [9.17, 15) is 27.6 Å². The van der Waals surface area contributed by atoms with Crippen molar-refractivity contribution in [2.75, 3.05) is 18.4 Å². The minimum atomic E-state index is -4.62. The van der Waals surface area contributed by atoms with E-state index in [1.165, 1.54) is 30.7 Å². The molecule has 0 bridgehead atoms. The number of anilines is 1. The average molecular weight is 478 g/mol. The Balaban J connectivity index is 2.07. The van der Waals surface area contributed by atoms with Crippen LogP contribution < -0.4 is 16.0 Å². The number of ketones is 1. The molecule has 0 aliphatic heterocycles. The lowest BCUT2D eigenvalue weighted by Crippen LogP contribution is -2.28. The Morgan fingerprint density at radius 2 is 1.94 bits per heavy atom. The highest BCUT2D eigenvalue weighted by atomic mass is 32.1. The van der Waals surface area contributed by atoms with Gasteiger partial charge in [0.2, 0.25) is 6.41 Å². The number of rotatable bonds is 8. The molecule has 3 heterocycles. The van der Waals surface area contributed by atoms with E-state index >= 15 is 0 Å². The Bertz CT molecular complexity index is 1180. The van der Waals surface area contributed by atoms with Crippen LogP contribution in [0.25, 0.3) is 21.7 Å². The number of Topliss-reactive ketones (excluding diaryl/α,β-unsaturated/α-hetero) is 1.